The number of thiophene rings is 1. The van der Waals surface area contributed by atoms with Crippen LogP contribution in [0.15, 0.2) is 48.1 Å². The summed E-state index contributed by atoms with van der Waals surface area (Å²) in [7, 11) is 0. The summed E-state index contributed by atoms with van der Waals surface area (Å²) in [4.78, 5) is 16.6. The van der Waals surface area contributed by atoms with Gasteiger partial charge in [-0.3, -0.25) is 9.78 Å². The molecule has 118 valence electrons. The number of aryl methyl sites for hydroxylation is 1. The molecule has 4 nitrogen and oxygen atoms in total. The minimum absolute atomic E-state index is 0.465. The van der Waals surface area contributed by atoms with Crippen LogP contribution >= 0.6 is 11.3 Å². The van der Waals surface area contributed by atoms with E-state index in [9.17, 15) is 9.90 Å². The van der Waals surface area contributed by atoms with Gasteiger partial charge >= 0.3 is 5.97 Å². The summed E-state index contributed by atoms with van der Waals surface area (Å²) >= 11 is 1.49. The Morgan fingerprint density at radius 3 is 2.70 bits per heavy atom. The molecule has 0 aliphatic carbocycles. The average molecular weight is 327 g/mol. The van der Waals surface area contributed by atoms with Crippen LogP contribution in [0.1, 0.15) is 24.0 Å². The third-order valence-corrected chi connectivity index (χ3v) is 4.66. The topological polar surface area (TPSA) is 59.4 Å². The molecule has 1 aromatic carbocycles. The van der Waals surface area contributed by atoms with Crippen LogP contribution in [0.25, 0.3) is 10.1 Å². The van der Waals surface area contributed by atoms with Crippen molar-refractivity contribution in [1.29, 1.82) is 0 Å². The maximum atomic E-state index is 12.6. The van der Waals surface area contributed by atoms with Crippen LogP contribution in [0, 0.1) is 6.92 Å². The van der Waals surface area contributed by atoms with Crippen molar-refractivity contribution in [2.45, 2.75) is 25.9 Å². The first-order valence-corrected chi connectivity index (χ1v) is 8.22. The fourth-order valence-corrected chi connectivity index (χ4v) is 3.31. The van der Waals surface area contributed by atoms with E-state index in [-0.39, 0.29) is 0 Å². The molecule has 3 rings (SSSR count). The number of esters is 1. The van der Waals surface area contributed by atoms with Crippen LogP contribution in [0.2, 0.25) is 0 Å². The van der Waals surface area contributed by atoms with Gasteiger partial charge in [-0.2, -0.15) is 0 Å². The molecule has 0 amide bonds. The van der Waals surface area contributed by atoms with Crippen LogP contribution in [0.4, 0.5) is 0 Å². The molecule has 0 radical (unpaired) electrons. The van der Waals surface area contributed by atoms with E-state index in [0.717, 1.165) is 21.2 Å². The minimum atomic E-state index is -0.840. The van der Waals surface area contributed by atoms with Gasteiger partial charge in [0.15, 0.2) is 5.75 Å². The highest BCUT2D eigenvalue weighted by atomic mass is 32.1. The van der Waals surface area contributed by atoms with Gasteiger partial charge in [0.25, 0.3) is 0 Å². The summed E-state index contributed by atoms with van der Waals surface area (Å²) in [6.45, 7) is 3.57. The van der Waals surface area contributed by atoms with Gasteiger partial charge in [-0.15, -0.1) is 11.3 Å². The quantitative estimate of drug-likeness (QED) is 0.743. The van der Waals surface area contributed by atoms with Gasteiger partial charge in [-0.25, -0.2) is 0 Å². The smallest absolute Gasteiger partial charge is 0.321 e. The first-order chi connectivity index (χ1) is 11.1. The Labute approximate surface area is 138 Å². The standard InChI is InChI=1S/C18H17NO3S/c1-11-3-5-13(6-4-11)17(12(2)20)18(21)22-15-10-23-16-7-8-19-9-14(15)16/h3-10,12,17,20H,1-2H3. The average Bonchev–Trinajstić information content (AvgIpc) is 2.92. The second-order valence-electron chi connectivity index (χ2n) is 5.52. The van der Waals surface area contributed by atoms with Crippen LogP contribution in [0.3, 0.4) is 0 Å². The Bertz CT molecular complexity index is 824. The number of carbonyl (C=O) groups excluding carboxylic acids is 1. The van der Waals surface area contributed by atoms with Crippen molar-refractivity contribution in [3.8, 4) is 5.75 Å². The summed E-state index contributed by atoms with van der Waals surface area (Å²) in [5, 5.41) is 12.6. The van der Waals surface area contributed by atoms with Gasteiger partial charge in [-0.05, 0) is 25.5 Å². The lowest BCUT2D eigenvalue weighted by Crippen LogP contribution is -2.27. The zero-order valence-electron chi connectivity index (χ0n) is 12.9. The van der Waals surface area contributed by atoms with Crippen molar-refractivity contribution in [1.82, 2.24) is 4.98 Å². The van der Waals surface area contributed by atoms with Crippen molar-refractivity contribution >= 4 is 27.4 Å². The number of rotatable bonds is 4. The van der Waals surface area contributed by atoms with Crippen molar-refractivity contribution in [3.63, 3.8) is 0 Å². The van der Waals surface area contributed by atoms with E-state index < -0.39 is 18.0 Å². The summed E-state index contributed by atoms with van der Waals surface area (Å²) < 4.78 is 6.55. The SMILES string of the molecule is Cc1ccc(C(C(=O)Oc2csc3ccncc23)C(C)O)cc1. The molecule has 2 atom stereocenters. The molecule has 1 N–H and O–H groups in total. The number of pyridine rings is 1. The molecule has 0 fully saturated rings. The van der Waals surface area contributed by atoms with Gasteiger partial charge in [0.2, 0.25) is 0 Å². The summed E-state index contributed by atoms with van der Waals surface area (Å²) in [5.74, 6) is -0.699. The molecule has 3 aromatic rings. The Hall–Kier alpha value is -2.24. The second-order valence-corrected chi connectivity index (χ2v) is 6.43. The Morgan fingerprint density at radius 1 is 1.26 bits per heavy atom. The summed E-state index contributed by atoms with van der Waals surface area (Å²) in [6.07, 6.45) is 2.54. The number of fused-ring (bicyclic) bond motifs is 1. The monoisotopic (exact) mass is 327 g/mol. The first-order valence-electron chi connectivity index (χ1n) is 7.34. The van der Waals surface area contributed by atoms with Gasteiger partial charge in [0.05, 0.1) is 11.5 Å². The molecule has 5 heteroatoms. The van der Waals surface area contributed by atoms with Gasteiger partial charge < -0.3 is 9.84 Å². The van der Waals surface area contributed by atoms with Crippen molar-refractivity contribution in [2.75, 3.05) is 0 Å². The fourth-order valence-electron chi connectivity index (χ4n) is 2.49. The molecular formula is C18H17NO3S. The highest BCUT2D eigenvalue weighted by molar-refractivity contribution is 7.17. The lowest BCUT2D eigenvalue weighted by Gasteiger charge is -2.18. The van der Waals surface area contributed by atoms with Gasteiger partial charge in [0.1, 0.15) is 5.92 Å². The lowest BCUT2D eigenvalue weighted by molar-refractivity contribution is -0.138. The van der Waals surface area contributed by atoms with Crippen LogP contribution in [0.5, 0.6) is 5.75 Å². The van der Waals surface area contributed by atoms with Gasteiger partial charge in [-0.1, -0.05) is 29.8 Å². The lowest BCUT2D eigenvalue weighted by atomic mass is 9.93. The Morgan fingerprint density at radius 2 is 2.00 bits per heavy atom. The summed E-state index contributed by atoms with van der Waals surface area (Å²) in [6, 6.07) is 9.41. The van der Waals surface area contributed by atoms with Crippen molar-refractivity contribution in [2.24, 2.45) is 0 Å². The number of hydrogen-bond donors (Lipinski definition) is 1. The molecule has 0 saturated carbocycles. The second kappa shape index (κ2) is 6.48. The highest BCUT2D eigenvalue weighted by Gasteiger charge is 2.28. The molecule has 2 unspecified atom stereocenters. The number of hydrogen-bond acceptors (Lipinski definition) is 5. The predicted octanol–water partition coefficient (Wildman–Crippen LogP) is 3.67. The predicted molar refractivity (Wildman–Crippen MR) is 90.9 cm³/mol. The Kier molecular flexibility index (Phi) is 4.41. The maximum Gasteiger partial charge on any atom is 0.321 e. The van der Waals surface area contributed by atoms with E-state index in [1.807, 2.05) is 37.3 Å². The number of aliphatic hydroxyl groups is 1. The molecule has 0 bridgehead atoms. The number of benzene rings is 1. The number of aliphatic hydroxyl groups excluding tert-OH is 1. The first kappa shape index (κ1) is 15.6. The van der Waals surface area contributed by atoms with E-state index in [2.05, 4.69) is 4.98 Å². The van der Waals surface area contributed by atoms with Crippen molar-refractivity contribution in [3.05, 3.63) is 59.2 Å². The maximum absolute atomic E-state index is 12.6. The van der Waals surface area contributed by atoms with Crippen LogP contribution in [-0.4, -0.2) is 22.2 Å². The highest BCUT2D eigenvalue weighted by Crippen LogP contribution is 2.33. The molecular weight excluding hydrogens is 310 g/mol. The van der Waals surface area contributed by atoms with E-state index in [1.54, 1.807) is 24.7 Å². The molecule has 2 aromatic heterocycles. The largest absolute Gasteiger partial charge is 0.424 e. The van der Waals surface area contributed by atoms with Gasteiger partial charge in [0, 0.05) is 22.5 Å². The van der Waals surface area contributed by atoms with E-state index in [0.29, 0.717) is 5.75 Å². The zero-order chi connectivity index (χ0) is 16.4. The summed E-state index contributed by atoms with van der Waals surface area (Å²) in [5.41, 5.74) is 1.84. The fraction of sp³-hybridized carbons (Fsp3) is 0.222. The van der Waals surface area contributed by atoms with E-state index in [1.165, 1.54) is 11.3 Å². The van der Waals surface area contributed by atoms with E-state index >= 15 is 0 Å². The molecule has 2 heterocycles. The molecule has 0 aliphatic rings. The third-order valence-electron chi connectivity index (χ3n) is 3.72. The number of aromatic nitrogens is 1. The number of nitrogens with zero attached hydrogens (tertiary/aromatic N) is 1. The van der Waals surface area contributed by atoms with Crippen LogP contribution < -0.4 is 4.74 Å². The Balaban J connectivity index is 1.88. The van der Waals surface area contributed by atoms with Crippen LogP contribution in [-0.2, 0) is 4.79 Å². The molecule has 0 spiro atoms. The number of ether oxygens (including phenoxy) is 1. The molecule has 23 heavy (non-hydrogen) atoms. The third kappa shape index (κ3) is 3.25. The van der Waals surface area contributed by atoms with E-state index in [4.69, 9.17) is 4.74 Å². The number of carbonyl (C=O) groups is 1. The molecule has 0 aliphatic heterocycles. The molecule has 0 saturated heterocycles. The zero-order valence-corrected chi connectivity index (χ0v) is 13.7. The van der Waals surface area contributed by atoms with Crippen molar-refractivity contribution < 1.29 is 14.6 Å². The minimum Gasteiger partial charge on any atom is -0.424 e. The normalized spacial score (nSPS) is 13.7.